The van der Waals surface area contributed by atoms with E-state index in [2.05, 4.69) is 18.8 Å². The third kappa shape index (κ3) is 1.42. The lowest BCUT2D eigenvalue weighted by molar-refractivity contribution is -0.123. The van der Waals surface area contributed by atoms with Gasteiger partial charge in [0.15, 0.2) is 5.13 Å². The van der Waals surface area contributed by atoms with Crippen molar-refractivity contribution < 1.29 is 4.79 Å². The van der Waals surface area contributed by atoms with Crippen LogP contribution < -0.4 is 10.6 Å². The molecule has 1 amide bonds. The summed E-state index contributed by atoms with van der Waals surface area (Å²) in [6.45, 7) is 4.77. The lowest BCUT2D eigenvalue weighted by Gasteiger charge is -2.33. The molecule has 5 heteroatoms. The Labute approximate surface area is 86.7 Å². The average Bonchev–Trinajstić information content (AvgIpc) is 2.62. The van der Waals surface area contributed by atoms with Crippen LogP contribution in [0.25, 0.3) is 0 Å². The minimum Gasteiger partial charge on any atom is -0.318 e. The van der Waals surface area contributed by atoms with E-state index in [4.69, 9.17) is 5.73 Å². The van der Waals surface area contributed by atoms with Gasteiger partial charge in [0.25, 0.3) is 0 Å². The van der Waals surface area contributed by atoms with E-state index in [1.165, 1.54) is 11.3 Å². The fraction of sp³-hybridized carbons (Fsp3) is 0.556. The summed E-state index contributed by atoms with van der Waals surface area (Å²) in [5.41, 5.74) is 6.54. The number of rotatable bonds is 2. The van der Waals surface area contributed by atoms with Crippen molar-refractivity contribution in [2.45, 2.75) is 25.8 Å². The number of anilines is 1. The molecule has 1 atom stereocenters. The highest BCUT2D eigenvalue weighted by molar-refractivity contribution is 7.14. The molecule has 0 spiro atoms. The number of aromatic nitrogens is 1. The monoisotopic (exact) mass is 211 g/mol. The molecule has 0 aromatic carbocycles. The first-order valence-corrected chi connectivity index (χ1v) is 5.50. The quantitative estimate of drug-likeness (QED) is 0.741. The zero-order valence-electron chi connectivity index (χ0n) is 8.23. The number of hydrogen-bond donors (Lipinski definition) is 1. The molecule has 14 heavy (non-hydrogen) atoms. The zero-order valence-corrected chi connectivity index (χ0v) is 9.04. The SMILES string of the molecule is CC(C)c1csc(N2CC(N)C2=O)n1. The van der Waals surface area contributed by atoms with Crippen molar-refractivity contribution in [2.24, 2.45) is 5.73 Å². The predicted octanol–water partition coefficient (Wildman–Crippen LogP) is 0.940. The van der Waals surface area contributed by atoms with Gasteiger partial charge in [0.1, 0.15) is 6.04 Å². The first-order valence-electron chi connectivity index (χ1n) is 4.62. The lowest BCUT2D eigenvalue weighted by atomic mass is 10.1. The van der Waals surface area contributed by atoms with Crippen molar-refractivity contribution in [1.82, 2.24) is 4.98 Å². The molecule has 1 aromatic heterocycles. The van der Waals surface area contributed by atoms with Gasteiger partial charge in [0.05, 0.1) is 12.2 Å². The minimum absolute atomic E-state index is 0.0188. The van der Waals surface area contributed by atoms with Crippen LogP contribution in [0, 0.1) is 0 Å². The third-order valence-corrected chi connectivity index (χ3v) is 3.18. The van der Waals surface area contributed by atoms with Crippen LogP contribution in [-0.4, -0.2) is 23.5 Å². The number of hydrogen-bond acceptors (Lipinski definition) is 4. The highest BCUT2D eigenvalue weighted by atomic mass is 32.1. The van der Waals surface area contributed by atoms with Gasteiger partial charge in [-0.2, -0.15) is 0 Å². The second-order valence-corrected chi connectivity index (χ2v) is 4.60. The van der Waals surface area contributed by atoms with Crippen LogP contribution in [0.15, 0.2) is 5.38 Å². The zero-order chi connectivity index (χ0) is 10.3. The Hall–Kier alpha value is -0.940. The van der Waals surface area contributed by atoms with Crippen molar-refractivity contribution in [3.8, 4) is 0 Å². The second-order valence-electron chi connectivity index (χ2n) is 3.76. The molecule has 0 bridgehead atoms. The molecule has 1 aliphatic heterocycles. The maximum Gasteiger partial charge on any atom is 0.247 e. The number of amides is 1. The predicted molar refractivity (Wildman–Crippen MR) is 56.5 cm³/mol. The highest BCUT2D eigenvalue weighted by Crippen LogP contribution is 2.28. The summed E-state index contributed by atoms with van der Waals surface area (Å²) < 4.78 is 0. The molecule has 2 heterocycles. The number of β-lactam (4-membered cyclic amide) rings is 1. The maximum absolute atomic E-state index is 11.3. The summed E-state index contributed by atoms with van der Waals surface area (Å²) in [4.78, 5) is 17.3. The molecule has 2 N–H and O–H groups in total. The van der Waals surface area contributed by atoms with E-state index in [1.807, 2.05) is 5.38 Å². The summed E-state index contributed by atoms with van der Waals surface area (Å²) in [6, 6.07) is -0.318. The first-order chi connectivity index (χ1) is 6.59. The fourth-order valence-corrected chi connectivity index (χ4v) is 2.29. The molecule has 1 aliphatic rings. The molecule has 1 fully saturated rings. The summed E-state index contributed by atoms with van der Waals surface area (Å²) >= 11 is 1.51. The Balaban J connectivity index is 2.14. The molecule has 0 saturated carbocycles. The van der Waals surface area contributed by atoms with Crippen LogP contribution in [0.3, 0.4) is 0 Å². The van der Waals surface area contributed by atoms with Crippen LogP contribution in [0.1, 0.15) is 25.5 Å². The number of thiazole rings is 1. The smallest absolute Gasteiger partial charge is 0.247 e. The first kappa shape index (κ1) is 9.61. The Morgan fingerprint density at radius 1 is 1.71 bits per heavy atom. The van der Waals surface area contributed by atoms with Crippen molar-refractivity contribution in [3.05, 3.63) is 11.1 Å². The minimum atomic E-state index is -0.318. The van der Waals surface area contributed by atoms with Crippen LogP contribution in [0.2, 0.25) is 0 Å². The highest BCUT2D eigenvalue weighted by Gasteiger charge is 2.36. The fourth-order valence-electron chi connectivity index (χ4n) is 1.29. The van der Waals surface area contributed by atoms with Gasteiger partial charge in [0, 0.05) is 5.38 Å². The number of nitrogens with zero attached hydrogens (tertiary/aromatic N) is 2. The van der Waals surface area contributed by atoms with Crippen LogP contribution in [0.5, 0.6) is 0 Å². The summed E-state index contributed by atoms with van der Waals surface area (Å²) in [5.74, 6) is 0.389. The van der Waals surface area contributed by atoms with E-state index in [-0.39, 0.29) is 11.9 Å². The molecule has 2 rings (SSSR count). The number of carbonyl (C=O) groups is 1. The van der Waals surface area contributed by atoms with E-state index < -0.39 is 0 Å². The van der Waals surface area contributed by atoms with Gasteiger partial charge in [0.2, 0.25) is 5.91 Å². The van der Waals surface area contributed by atoms with Crippen molar-refractivity contribution in [3.63, 3.8) is 0 Å². The topological polar surface area (TPSA) is 59.2 Å². The maximum atomic E-state index is 11.3. The standard InChI is InChI=1S/C9H13N3OS/c1-5(2)7-4-14-9(11-7)12-3-6(10)8(12)13/h4-6H,3,10H2,1-2H3. The lowest BCUT2D eigenvalue weighted by Crippen LogP contribution is -2.61. The van der Waals surface area contributed by atoms with Gasteiger partial charge >= 0.3 is 0 Å². The van der Waals surface area contributed by atoms with E-state index in [0.717, 1.165) is 10.8 Å². The molecule has 1 aromatic rings. The number of carbonyl (C=O) groups excluding carboxylic acids is 1. The molecular formula is C9H13N3OS. The third-order valence-electron chi connectivity index (χ3n) is 2.29. The van der Waals surface area contributed by atoms with E-state index in [9.17, 15) is 4.79 Å². The summed E-state index contributed by atoms with van der Waals surface area (Å²) in [7, 11) is 0. The normalized spacial score (nSPS) is 21.6. The molecule has 76 valence electrons. The molecular weight excluding hydrogens is 198 g/mol. The van der Waals surface area contributed by atoms with Crippen molar-refractivity contribution in [2.75, 3.05) is 11.4 Å². The molecule has 1 unspecified atom stereocenters. The second kappa shape index (κ2) is 3.33. The molecule has 0 radical (unpaired) electrons. The Morgan fingerprint density at radius 3 is 2.86 bits per heavy atom. The Kier molecular flexibility index (Phi) is 2.28. The Bertz CT molecular complexity index is 361. The van der Waals surface area contributed by atoms with Gasteiger partial charge in [-0.05, 0) is 5.92 Å². The van der Waals surface area contributed by atoms with Crippen LogP contribution >= 0.6 is 11.3 Å². The van der Waals surface area contributed by atoms with Gasteiger partial charge < -0.3 is 5.73 Å². The van der Waals surface area contributed by atoms with Gasteiger partial charge in [-0.1, -0.05) is 13.8 Å². The van der Waals surface area contributed by atoms with E-state index in [1.54, 1.807) is 4.90 Å². The van der Waals surface area contributed by atoms with Gasteiger partial charge in [-0.25, -0.2) is 4.98 Å². The Morgan fingerprint density at radius 2 is 2.43 bits per heavy atom. The van der Waals surface area contributed by atoms with Crippen molar-refractivity contribution >= 4 is 22.4 Å². The van der Waals surface area contributed by atoms with Crippen LogP contribution in [-0.2, 0) is 4.79 Å². The van der Waals surface area contributed by atoms with Gasteiger partial charge in [-0.3, -0.25) is 9.69 Å². The molecule has 0 aliphatic carbocycles. The van der Waals surface area contributed by atoms with Gasteiger partial charge in [-0.15, -0.1) is 11.3 Å². The molecule has 1 saturated heterocycles. The average molecular weight is 211 g/mol. The van der Waals surface area contributed by atoms with E-state index in [0.29, 0.717) is 12.5 Å². The van der Waals surface area contributed by atoms with Crippen LogP contribution in [0.4, 0.5) is 5.13 Å². The molecule has 4 nitrogen and oxygen atoms in total. The summed E-state index contributed by atoms with van der Waals surface area (Å²) in [6.07, 6.45) is 0. The van der Waals surface area contributed by atoms with E-state index >= 15 is 0 Å². The van der Waals surface area contributed by atoms with Crippen molar-refractivity contribution in [1.29, 1.82) is 0 Å². The number of nitrogens with two attached hydrogens (primary N) is 1. The summed E-state index contributed by atoms with van der Waals surface area (Å²) in [5, 5.41) is 2.78. The largest absolute Gasteiger partial charge is 0.318 e.